The third kappa shape index (κ3) is 3.57. The van der Waals surface area contributed by atoms with Crippen molar-refractivity contribution in [1.29, 1.82) is 0 Å². The first-order chi connectivity index (χ1) is 13.1. The summed E-state index contributed by atoms with van der Waals surface area (Å²) in [6.45, 7) is 0. The predicted molar refractivity (Wildman–Crippen MR) is 98.1 cm³/mol. The standard InChI is InChI=1S/C20H17N3O4/c24-18-15-9-5-4-8-14(15)16(22-23-18)20(26)27-17(12-6-2-1-3-7-12)19(25)21-13-10-11-13/h1-9,13,17H,10-11H2,(H,21,25)(H,23,24)/t17-/m1/s1. The van der Waals surface area contributed by atoms with E-state index in [9.17, 15) is 14.4 Å². The lowest BCUT2D eigenvalue weighted by Crippen LogP contribution is -2.34. The van der Waals surface area contributed by atoms with Gasteiger partial charge in [0.2, 0.25) is 6.10 Å². The van der Waals surface area contributed by atoms with Gasteiger partial charge in [-0.3, -0.25) is 9.59 Å². The molecule has 0 aliphatic heterocycles. The number of hydrogen-bond donors (Lipinski definition) is 2. The molecule has 136 valence electrons. The van der Waals surface area contributed by atoms with Crippen LogP contribution < -0.4 is 10.9 Å². The Morgan fingerprint density at radius 3 is 2.41 bits per heavy atom. The third-order valence-electron chi connectivity index (χ3n) is 4.38. The highest BCUT2D eigenvalue weighted by Gasteiger charge is 2.31. The molecular weight excluding hydrogens is 346 g/mol. The maximum absolute atomic E-state index is 12.8. The van der Waals surface area contributed by atoms with Crippen LogP contribution in [0.3, 0.4) is 0 Å². The number of nitrogens with one attached hydrogen (secondary N) is 2. The van der Waals surface area contributed by atoms with Crippen molar-refractivity contribution in [1.82, 2.24) is 15.5 Å². The zero-order valence-electron chi connectivity index (χ0n) is 14.3. The van der Waals surface area contributed by atoms with E-state index in [1.807, 2.05) is 6.07 Å². The van der Waals surface area contributed by atoms with Crippen molar-refractivity contribution in [3.63, 3.8) is 0 Å². The van der Waals surface area contributed by atoms with Gasteiger partial charge in [0.05, 0.1) is 5.39 Å². The number of carbonyl (C=O) groups excluding carboxylic acids is 2. The quantitative estimate of drug-likeness (QED) is 0.676. The van der Waals surface area contributed by atoms with Gasteiger partial charge in [0.1, 0.15) is 0 Å². The molecule has 1 saturated carbocycles. The van der Waals surface area contributed by atoms with E-state index in [0.29, 0.717) is 16.3 Å². The van der Waals surface area contributed by atoms with Crippen molar-refractivity contribution in [2.75, 3.05) is 0 Å². The fourth-order valence-electron chi connectivity index (χ4n) is 2.84. The SMILES string of the molecule is O=C(O[C@@H](C(=O)NC1CC1)c1ccccc1)c1n[nH]c(=O)c2ccccc12. The molecule has 0 saturated heterocycles. The summed E-state index contributed by atoms with van der Waals surface area (Å²) in [7, 11) is 0. The Balaban J connectivity index is 1.67. The van der Waals surface area contributed by atoms with Crippen LogP contribution in [0.1, 0.15) is 35.0 Å². The van der Waals surface area contributed by atoms with Crippen molar-refractivity contribution in [3.8, 4) is 0 Å². The van der Waals surface area contributed by atoms with Gasteiger partial charge in [-0.15, -0.1) is 0 Å². The molecule has 7 heteroatoms. The van der Waals surface area contributed by atoms with Gasteiger partial charge in [0.15, 0.2) is 5.69 Å². The number of ether oxygens (including phenoxy) is 1. The number of nitrogens with zero attached hydrogens (tertiary/aromatic N) is 1. The van der Waals surface area contributed by atoms with Gasteiger partial charge in [-0.25, -0.2) is 9.89 Å². The number of rotatable bonds is 5. The van der Waals surface area contributed by atoms with E-state index in [-0.39, 0.29) is 17.6 Å². The predicted octanol–water partition coefficient (Wildman–Crippen LogP) is 2.10. The average molecular weight is 363 g/mol. The molecule has 27 heavy (non-hydrogen) atoms. The molecular formula is C20H17N3O4. The lowest BCUT2D eigenvalue weighted by molar-refractivity contribution is -0.130. The lowest BCUT2D eigenvalue weighted by atomic mass is 10.1. The molecule has 1 heterocycles. The minimum absolute atomic E-state index is 0.0367. The first-order valence-electron chi connectivity index (χ1n) is 8.67. The van der Waals surface area contributed by atoms with E-state index < -0.39 is 17.6 Å². The fourth-order valence-corrected chi connectivity index (χ4v) is 2.84. The van der Waals surface area contributed by atoms with E-state index in [1.54, 1.807) is 48.5 Å². The molecule has 1 aliphatic carbocycles. The molecule has 0 unspecified atom stereocenters. The summed E-state index contributed by atoms with van der Waals surface area (Å²) in [4.78, 5) is 37.3. The van der Waals surface area contributed by atoms with Crippen LogP contribution in [0.25, 0.3) is 10.8 Å². The first kappa shape index (κ1) is 17.0. The highest BCUT2D eigenvalue weighted by Crippen LogP contribution is 2.24. The van der Waals surface area contributed by atoms with Crippen molar-refractivity contribution in [2.45, 2.75) is 25.0 Å². The van der Waals surface area contributed by atoms with Gasteiger partial charge in [-0.2, -0.15) is 5.10 Å². The Labute approximate surface area is 154 Å². The lowest BCUT2D eigenvalue weighted by Gasteiger charge is -2.18. The van der Waals surface area contributed by atoms with Gasteiger partial charge in [0.25, 0.3) is 11.5 Å². The van der Waals surface area contributed by atoms with E-state index in [0.717, 1.165) is 12.8 Å². The monoisotopic (exact) mass is 363 g/mol. The van der Waals surface area contributed by atoms with Gasteiger partial charge < -0.3 is 10.1 Å². The van der Waals surface area contributed by atoms with E-state index in [4.69, 9.17) is 4.74 Å². The normalized spacial score (nSPS) is 14.5. The second-order valence-electron chi connectivity index (χ2n) is 6.43. The molecule has 4 rings (SSSR count). The van der Waals surface area contributed by atoms with Crippen LogP contribution in [-0.2, 0) is 9.53 Å². The van der Waals surface area contributed by atoms with Crippen molar-refractivity contribution in [3.05, 3.63) is 76.2 Å². The zero-order chi connectivity index (χ0) is 18.8. The number of esters is 1. The van der Waals surface area contributed by atoms with Crippen LogP contribution in [0.4, 0.5) is 0 Å². The molecule has 0 bridgehead atoms. The highest BCUT2D eigenvalue weighted by molar-refractivity contribution is 6.02. The number of benzene rings is 2. The van der Waals surface area contributed by atoms with Crippen LogP contribution in [0.2, 0.25) is 0 Å². The summed E-state index contributed by atoms with van der Waals surface area (Å²) in [6.07, 6.45) is 0.757. The number of carbonyl (C=O) groups is 2. The van der Waals surface area contributed by atoms with E-state index in [1.165, 1.54) is 0 Å². The summed E-state index contributed by atoms with van der Waals surface area (Å²) in [5.41, 5.74) is 0.135. The third-order valence-corrected chi connectivity index (χ3v) is 4.38. The molecule has 1 aliphatic rings. The Bertz CT molecular complexity index is 1060. The number of H-pyrrole nitrogens is 1. The van der Waals surface area contributed by atoms with Crippen LogP contribution >= 0.6 is 0 Å². The number of aromatic amines is 1. The Kier molecular flexibility index (Phi) is 4.42. The van der Waals surface area contributed by atoms with Crippen molar-refractivity contribution in [2.24, 2.45) is 0 Å². The number of aromatic nitrogens is 2. The topological polar surface area (TPSA) is 101 Å². The Morgan fingerprint density at radius 2 is 1.70 bits per heavy atom. The highest BCUT2D eigenvalue weighted by atomic mass is 16.5. The fraction of sp³-hybridized carbons (Fsp3) is 0.200. The molecule has 0 radical (unpaired) electrons. The molecule has 1 atom stereocenters. The Hall–Kier alpha value is -3.48. The molecule has 1 amide bonds. The largest absolute Gasteiger partial charge is 0.442 e. The van der Waals surface area contributed by atoms with Crippen LogP contribution in [0.5, 0.6) is 0 Å². The molecule has 2 aromatic carbocycles. The Morgan fingerprint density at radius 1 is 1.04 bits per heavy atom. The second-order valence-corrected chi connectivity index (χ2v) is 6.43. The minimum atomic E-state index is -1.09. The number of amides is 1. The minimum Gasteiger partial charge on any atom is -0.442 e. The van der Waals surface area contributed by atoms with Crippen LogP contribution in [0.15, 0.2) is 59.4 Å². The maximum Gasteiger partial charge on any atom is 0.360 e. The van der Waals surface area contributed by atoms with Gasteiger partial charge in [-0.1, -0.05) is 48.5 Å². The van der Waals surface area contributed by atoms with Crippen LogP contribution in [-0.4, -0.2) is 28.1 Å². The molecule has 1 aromatic heterocycles. The average Bonchev–Trinajstić information content (AvgIpc) is 3.51. The number of fused-ring (bicyclic) bond motifs is 1. The summed E-state index contributed by atoms with van der Waals surface area (Å²) < 4.78 is 5.53. The molecule has 0 spiro atoms. The molecule has 3 aromatic rings. The second kappa shape index (κ2) is 7.03. The molecule has 2 N–H and O–H groups in total. The maximum atomic E-state index is 12.8. The summed E-state index contributed by atoms with van der Waals surface area (Å²) >= 11 is 0. The zero-order valence-corrected chi connectivity index (χ0v) is 14.3. The van der Waals surface area contributed by atoms with Crippen LogP contribution in [0, 0.1) is 0 Å². The van der Waals surface area contributed by atoms with E-state index >= 15 is 0 Å². The summed E-state index contributed by atoms with van der Waals surface area (Å²) in [6, 6.07) is 15.6. The molecule has 1 fully saturated rings. The van der Waals surface area contributed by atoms with Gasteiger partial charge >= 0.3 is 5.97 Å². The summed E-state index contributed by atoms with van der Waals surface area (Å²) in [5.74, 6) is -1.15. The number of hydrogen-bond acceptors (Lipinski definition) is 5. The first-order valence-corrected chi connectivity index (χ1v) is 8.67. The van der Waals surface area contributed by atoms with E-state index in [2.05, 4.69) is 15.5 Å². The van der Waals surface area contributed by atoms with Crippen molar-refractivity contribution >= 4 is 22.6 Å². The van der Waals surface area contributed by atoms with Gasteiger partial charge in [0, 0.05) is 17.0 Å². The molecule has 7 nitrogen and oxygen atoms in total. The smallest absolute Gasteiger partial charge is 0.360 e. The summed E-state index contributed by atoms with van der Waals surface area (Å²) in [5, 5.41) is 9.71. The van der Waals surface area contributed by atoms with Crippen molar-refractivity contribution < 1.29 is 14.3 Å². The van der Waals surface area contributed by atoms with Gasteiger partial charge in [-0.05, 0) is 18.9 Å².